The summed E-state index contributed by atoms with van der Waals surface area (Å²) in [5, 5.41) is 47.1. The Bertz CT molecular complexity index is 1040. The Kier molecular flexibility index (Phi) is 4.53. The molecule has 0 heterocycles. The summed E-state index contributed by atoms with van der Waals surface area (Å²) in [6.07, 6.45) is 0. The average molecular weight is 330 g/mol. The van der Waals surface area contributed by atoms with Crippen LogP contribution >= 0.6 is 0 Å². The predicted octanol–water partition coefficient (Wildman–Crippen LogP) is 1.84. The van der Waals surface area contributed by atoms with Crippen LogP contribution in [0.25, 0.3) is 5.41 Å². The maximum absolute atomic E-state index is 12.3. The van der Waals surface area contributed by atoms with Gasteiger partial charge in [-0.3, -0.25) is 16.0 Å². The zero-order chi connectivity index (χ0) is 18.6. The Morgan fingerprint density at radius 3 is 2.04 bits per heavy atom. The van der Waals surface area contributed by atoms with Crippen LogP contribution < -0.4 is 4.74 Å². The van der Waals surface area contributed by atoms with Crippen LogP contribution in [-0.4, -0.2) is 16.8 Å². The number of esters is 1. The van der Waals surface area contributed by atoms with Crippen LogP contribution in [-0.2, 0) is 4.79 Å². The highest BCUT2D eigenvalue weighted by Crippen LogP contribution is 2.35. The summed E-state index contributed by atoms with van der Waals surface area (Å²) in [6.45, 7) is 0. The van der Waals surface area contributed by atoms with Gasteiger partial charge in [-0.05, 0) is 12.1 Å². The number of carbonyl (C=O) groups excluding carboxylic acids is 1. The third-order valence-corrected chi connectivity index (χ3v) is 3.16. The molecule has 0 amide bonds. The highest BCUT2D eigenvalue weighted by molar-refractivity contribution is 6.06. The molecule has 2 rings (SSSR count). The van der Waals surface area contributed by atoms with Gasteiger partial charge in [0.15, 0.2) is 0 Å². The first-order valence-electron chi connectivity index (χ1n) is 6.42. The fourth-order valence-corrected chi connectivity index (χ4v) is 2.07. The van der Waals surface area contributed by atoms with Crippen molar-refractivity contribution < 1.29 is 14.5 Å². The van der Waals surface area contributed by atoms with E-state index in [1.807, 2.05) is 0 Å². The number of non-ortho nitro benzene ring substituents is 1. The average Bonchev–Trinajstić information content (AvgIpc) is 2.94. The van der Waals surface area contributed by atoms with E-state index in [9.17, 15) is 14.9 Å². The minimum atomic E-state index is -1.13. The molecule has 1 aliphatic rings. The highest BCUT2D eigenvalue weighted by Gasteiger charge is 2.34. The first-order valence-corrected chi connectivity index (χ1v) is 6.42. The van der Waals surface area contributed by atoms with E-state index in [0.29, 0.717) is 0 Å². The lowest BCUT2D eigenvalue weighted by Gasteiger charge is -2.07. The quantitative estimate of drug-likeness (QED) is 0.268. The third kappa shape index (κ3) is 2.88. The van der Waals surface area contributed by atoms with E-state index in [2.05, 4.69) is 0 Å². The minimum absolute atomic E-state index is 0.0680. The van der Waals surface area contributed by atoms with Gasteiger partial charge in [0.25, 0.3) is 5.69 Å². The zero-order valence-corrected chi connectivity index (χ0v) is 12.2. The van der Waals surface area contributed by atoms with E-state index in [1.54, 1.807) is 24.1 Å². The molecule has 0 unspecified atom stereocenters. The van der Waals surface area contributed by atoms with Gasteiger partial charge in [-0.25, -0.2) is 4.79 Å². The fourth-order valence-electron chi connectivity index (χ4n) is 2.07. The molecule has 9 nitrogen and oxygen atoms in total. The largest absolute Gasteiger partial charge is 0.763 e. The van der Waals surface area contributed by atoms with Gasteiger partial charge in [0.2, 0.25) is 0 Å². The molecule has 0 radical (unpaired) electrons. The highest BCUT2D eigenvalue weighted by atomic mass is 16.6. The Balaban J connectivity index is 2.44. The number of ether oxygens (including phenoxy) is 1. The fraction of sp³-hybridized carbons (Fsp3) is 0. The van der Waals surface area contributed by atoms with Gasteiger partial charge in [-0.1, -0.05) is 0 Å². The molecule has 25 heavy (non-hydrogen) atoms. The van der Waals surface area contributed by atoms with Crippen molar-refractivity contribution in [1.29, 1.82) is 15.8 Å². The Morgan fingerprint density at radius 2 is 1.60 bits per heavy atom. The lowest BCUT2D eigenvalue weighted by Crippen LogP contribution is -2.13. The van der Waals surface area contributed by atoms with Crippen molar-refractivity contribution in [1.82, 2.24) is 0 Å². The monoisotopic (exact) mass is 330 g/mol. The van der Waals surface area contributed by atoms with Crippen LogP contribution in [0.1, 0.15) is 0 Å². The molecular weight excluding hydrogens is 326 g/mol. The van der Waals surface area contributed by atoms with Gasteiger partial charge in [0, 0.05) is 17.7 Å². The van der Waals surface area contributed by atoms with E-state index < -0.39 is 27.6 Å². The summed E-state index contributed by atoms with van der Waals surface area (Å²) < 4.78 is 4.99. The number of allylic oxidation sites excluding steroid dienone is 3. The molecule has 0 atom stereocenters. The Morgan fingerprint density at radius 1 is 1.04 bits per heavy atom. The van der Waals surface area contributed by atoms with Gasteiger partial charge >= 0.3 is 5.97 Å². The smallest absolute Gasteiger partial charge is 0.346 e. The van der Waals surface area contributed by atoms with Crippen LogP contribution in [0.3, 0.4) is 0 Å². The van der Waals surface area contributed by atoms with E-state index in [-0.39, 0.29) is 22.6 Å². The number of nitriles is 3. The maximum atomic E-state index is 12.3. The van der Waals surface area contributed by atoms with Crippen LogP contribution in [0.15, 0.2) is 52.1 Å². The van der Waals surface area contributed by atoms with E-state index in [1.165, 1.54) is 0 Å². The molecule has 0 saturated heterocycles. The number of hydrogen-bond donors (Lipinski definition) is 0. The first kappa shape index (κ1) is 16.9. The second-order valence-electron chi connectivity index (χ2n) is 4.46. The molecule has 0 aromatic heterocycles. The second-order valence-corrected chi connectivity index (χ2v) is 4.46. The summed E-state index contributed by atoms with van der Waals surface area (Å²) in [5.41, 5.74) is -2.32. The lowest BCUT2D eigenvalue weighted by molar-refractivity contribution is -0.384. The SMILES string of the molecule is N#CC1=C(C#N)C(C#N)=C(C(=O)Oc2ccc([N+](=O)[O-])cc2)C1=C=[N-]. The lowest BCUT2D eigenvalue weighted by atomic mass is 10.1. The molecule has 0 fully saturated rings. The number of benzene rings is 1. The Labute approximate surface area is 140 Å². The number of carbonyl (C=O) groups is 1. The number of hydrogen-bond acceptors (Lipinski definition) is 7. The molecule has 1 aliphatic carbocycles. The van der Waals surface area contributed by atoms with Crippen molar-refractivity contribution >= 4 is 17.5 Å². The number of nitrogens with zero attached hydrogens (tertiary/aromatic N) is 5. The summed E-state index contributed by atoms with van der Waals surface area (Å²) in [7, 11) is 0. The number of rotatable bonds is 3. The molecule has 9 heteroatoms. The van der Waals surface area contributed by atoms with Crippen molar-refractivity contribution in [3.63, 3.8) is 0 Å². The zero-order valence-electron chi connectivity index (χ0n) is 12.2. The van der Waals surface area contributed by atoms with Crippen LogP contribution in [0, 0.1) is 44.1 Å². The molecule has 1 aromatic rings. The molecule has 0 aliphatic heterocycles. The minimum Gasteiger partial charge on any atom is -0.763 e. The molecule has 0 saturated carbocycles. The van der Waals surface area contributed by atoms with E-state index in [0.717, 1.165) is 24.3 Å². The second kappa shape index (κ2) is 6.72. The maximum Gasteiger partial charge on any atom is 0.346 e. The molecule has 0 bridgehead atoms. The predicted molar refractivity (Wildman–Crippen MR) is 81.5 cm³/mol. The van der Waals surface area contributed by atoms with Crippen molar-refractivity contribution in [3.05, 3.63) is 67.7 Å². The summed E-state index contributed by atoms with van der Waals surface area (Å²) in [5.74, 6) is 0.427. The van der Waals surface area contributed by atoms with Crippen molar-refractivity contribution in [2.45, 2.75) is 0 Å². The van der Waals surface area contributed by atoms with E-state index in [4.69, 9.17) is 25.9 Å². The van der Waals surface area contributed by atoms with E-state index >= 15 is 0 Å². The van der Waals surface area contributed by atoms with Gasteiger partial charge in [0.05, 0.1) is 27.2 Å². The first-order chi connectivity index (χ1) is 12.0. The molecule has 0 spiro atoms. The molecular formula is C16H4N5O4-. The van der Waals surface area contributed by atoms with Gasteiger partial charge < -0.3 is 10.1 Å². The van der Waals surface area contributed by atoms with Crippen molar-refractivity contribution in [3.8, 4) is 24.0 Å². The third-order valence-electron chi connectivity index (χ3n) is 3.16. The van der Waals surface area contributed by atoms with Crippen LogP contribution in [0.5, 0.6) is 5.75 Å². The molecule has 1 aromatic carbocycles. The van der Waals surface area contributed by atoms with Gasteiger partial charge in [-0.15, -0.1) is 0 Å². The standard InChI is InChI=1S/C16H4N5O4/c17-5-11-12(6-18)14(8-20)15(13(11)7-19)16(22)25-10-3-1-9(2-4-10)21(23)24/h1-4H/q-1. The van der Waals surface area contributed by atoms with Crippen molar-refractivity contribution in [2.24, 2.45) is 0 Å². The summed E-state index contributed by atoms with van der Waals surface area (Å²) in [6, 6.07) is 9.39. The normalized spacial score (nSPS) is 12.8. The van der Waals surface area contributed by atoms with Crippen LogP contribution in [0.4, 0.5) is 5.69 Å². The summed E-state index contributed by atoms with van der Waals surface area (Å²) in [4.78, 5) is 22.3. The van der Waals surface area contributed by atoms with Crippen LogP contribution in [0.2, 0.25) is 0 Å². The van der Waals surface area contributed by atoms with Gasteiger partial charge in [0.1, 0.15) is 24.0 Å². The summed E-state index contributed by atoms with van der Waals surface area (Å²) >= 11 is 0. The number of nitro groups is 1. The molecule has 0 N–H and O–H groups in total. The van der Waals surface area contributed by atoms with Crippen molar-refractivity contribution in [2.75, 3.05) is 0 Å². The molecule has 118 valence electrons. The Hall–Kier alpha value is -4.51. The topological polar surface area (TPSA) is 163 Å². The van der Waals surface area contributed by atoms with Gasteiger partial charge in [-0.2, -0.15) is 15.8 Å². The number of nitro benzene ring substituents is 1.